The second kappa shape index (κ2) is 17.6. The molecule has 4 aliphatic carbocycles. The minimum absolute atomic E-state index is 0.0206. The summed E-state index contributed by atoms with van der Waals surface area (Å²) in [4.78, 5) is 24.6. The average molecular weight is 953 g/mol. The number of anilines is 2. The molecule has 6 atom stereocenters. The van der Waals surface area contributed by atoms with Crippen LogP contribution < -0.4 is 21.7 Å². The summed E-state index contributed by atoms with van der Waals surface area (Å²) < 4.78 is 56.0. The van der Waals surface area contributed by atoms with Crippen molar-refractivity contribution in [3.8, 4) is 0 Å². The first-order valence-electron chi connectivity index (χ1n) is 23.5. The van der Waals surface area contributed by atoms with Gasteiger partial charge in [0.25, 0.3) is 5.91 Å². The van der Waals surface area contributed by atoms with Gasteiger partial charge in [-0.25, -0.2) is 21.6 Å². The van der Waals surface area contributed by atoms with E-state index in [4.69, 9.17) is 10.8 Å². The highest BCUT2D eigenvalue weighted by Gasteiger charge is 2.60. The smallest absolute Gasteiger partial charge is 0.335 e. The quantitative estimate of drug-likeness (QED) is 0.109. The Balaban J connectivity index is 0.000000154. The minimum Gasteiger partial charge on any atom is -0.478 e. The largest absolute Gasteiger partial charge is 0.478 e. The van der Waals surface area contributed by atoms with Gasteiger partial charge in [-0.3, -0.25) is 4.79 Å². The standard InChI is InChI=1S/C26H33N3O3S.C16H16N2O4S.C10H19N/c1-25(2)20-11-12-26(3,14-20)24(25)28-23(30)17-9-10-21(27-4)22(13-17)33(31,32)29-15-18-7-5-6-8-19(18)16-29;1-17-14-7-6-11(16(19)20)8-15(14)23(21,22)18-9-12-4-2-3-5-13(12)10-18;1-9(2)7-4-5-10(3,6-7)8(9)11/h5-10,13,20,24,27H,11-12,14-16H2,1-4H3,(H,28,30);2-8,17H,9-10H2,1H3,(H,19,20);7-8H,4-6,11H2,1-3H3/t20-,24?,26+;;7-,8?,10+/m1.1/s1. The van der Waals surface area contributed by atoms with Gasteiger partial charge < -0.3 is 26.8 Å². The molecule has 2 aliphatic heterocycles. The third-order valence-corrected chi connectivity index (χ3v) is 20.5. The van der Waals surface area contributed by atoms with E-state index in [0.717, 1.165) is 41.0 Å². The number of aromatic carboxylic acids is 1. The summed E-state index contributed by atoms with van der Waals surface area (Å²) in [5.74, 6) is 0.161. The van der Waals surface area contributed by atoms with Gasteiger partial charge in [0.15, 0.2) is 0 Å². The Labute approximate surface area is 397 Å². The van der Waals surface area contributed by atoms with Gasteiger partial charge in [0.05, 0.1) is 16.9 Å². The number of rotatable bonds is 9. The molecule has 0 saturated heterocycles. The maximum absolute atomic E-state index is 13.6. The Morgan fingerprint density at radius 3 is 1.37 bits per heavy atom. The van der Waals surface area contributed by atoms with E-state index in [0.29, 0.717) is 65.9 Å². The molecule has 6 aliphatic rings. The molecule has 4 bridgehead atoms. The van der Waals surface area contributed by atoms with E-state index in [1.54, 1.807) is 26.2 Å². The van der Waals surface area contributed by atoms with Crippen molar-refractivity contribution >= 4 is 43.3 Å². The molecule has 1 amide bonds. The van der Waals surface area contributed by atoms with Crippen LogP contribution in [0.4, 0.5) is 11.4 Å². The molecule has 0 spiro atoms. The number of fused-ring (bicyclic) bond motifs is 6. The van der Waals surface area contributed by atoms with E-state index in [9.17, 15) is 26.4 Å². The highest BCUT2D eigenvalue weighted by atomic mass is 32.2. The van der Waals surface area contributed by atoms with Gasteiger partial charge in [-0.1, -0.05) is 90.1 Å². The number of nitrogens with zero attached hydrogens (tertiary/aromatic N) is 2. The number of carboxylic acid groups (broad SMARTS) is 1. The molecular weight excluding hydrogens is 885 g/mol. The van der Waals surface area contributed by atoms with E-state index in [1.807, 2.05) is 48.5 Å². The van der Waals surface area contributed by atoms with Crippen molar-refractivity contribution in [1.29, 1.82) is 0 Å². The summed E-state index contributed by atoms with van der Waals surface area (Å²) in [7, 11) is -4.28. The van der Waals surface area contributed by atoms with Crippen molar-refractivity contribution in [2.45, 2.75) is 128 Å². The predicted molar refractivity (Wildman–Crippen MR) is 262 cm³/mol. The number of amides is 1. The maximum Gasteiger partial charge on any atom is 0.335 e. The first kappa shape index (κ1) is 48.6. The van der Waals surface area contributed by atoms with Crippen LogP contribution in [0.15, 0.2) is 94.7 Å². The van der Waals surface area contributed by atoms with Gasteiger partial charge in [0.2, 0.25) is 20.0 Å². The minimum atomic E-state index is -3.80. The first-order valence-corrected chi connectivity index (χ1v) is 26.4. The molecule has 4 aromatic rings. The number of sulfonamides is 2. The number of nitrogens with two attached hydrogens (primary N) is 1. The van der Waals surface area contributed by atoms with E-state index in [-0.39, 0.29) is 38.1 Å². The molecule has 15 heteroatoms. The summed E-state index contributed by atoms with van der Waals surface area (Å²) in [5, 5.41) is 18.2. The maximum atomic E-state index is 13.6. The van der Waals surface area contributed by atoms with Crippen molar-refractivity contribution in [3.05, 3.63) is 118 Å². The molecule has 2 heterocycles. The van der Waals surface area contributed by atoms with Crippen LogP contribution in [-0.4, -0.2) is 68.6 Å². The van der Waals surface area contributed by atoms with Crippen LogP contribution in [0.2, 0.25) is 0 Å². The number of carboxylic acids is 1. The molecule has 10 rings (SSSR count). The molecule has 0 radical (unpaired) electrons. The molecular formula is C52H68N6O7S2. The number of carbonyl (C=O) groups is 2. The summed E-state index contributed by atoms with van der Waals surface area (Å²) in [6, 6.07) is 24.8. The van der Waals surface area contributed by atoms with Crippen molar-refractivity contribution in [2.75, 3.05) is 24.7 Å². The topological polar surface area (TPSA) is 191 Å². The lowest BCUT2D eigenvalue weighted by Gasteiger charge is -2.43. The van der Waals surface area contributed by atoms with Gasteiger partial charge >= 0.3 is 5.97 Å². The third kappa shape index (κ3) is 8.68. The second-order valence-corrected chi connectivity index (χ2v) is 25.3. The number of nitrogens with one attached hydrogen (secondary N) is 3. The van der Waals surface area contributed by atoms with E-state index < -0.39 is 26.0 Å². The van der Waals surface area contributed by atoms with Gasteiger partial charge in [0, 0.05) is 57.9 Å². The lowest BCUT2D eigenvalue weighted by atomic mass is 9.68. The van der Waals surface area contributed by atoms with E-state index in [2.05, 4.69) is 57.5 Å². The predicted octanol–water partition coefficient (Wildman–Crippen LogP) is 8.67. The fourth-order valence-electron chi connectivity index (χ4n) is 12.6. The van der Waals surface area contributed by atoms with E-state index >= 15 is 0 Å². The number of hydrogen-bond donors (Lipinski definition) is 5. The molecule has 4 fully saturated rings. The van der Waals surface area contributed by atoms with Crippen molar-refractivity contribution < 1.29 is 31.5 Å². The van der Waals surface area contributed by atoms with Gasteiger partial charge in [-0.05, 0) is 131 Å². The Kier molecular flexibility index (Phi) is 12.8. The fraction of sp³-hybridized carbons (Fsp3) is 0.500. The van der Waals surface area contributed by atoms with Crippen LogP contribution in [0.25, 0.3) is 0 Å². The van der Waals surface area contributed by atoms with Crippen LogP contribution in [0, 0.1) is 33.5 Å². The molecule has 2 unspecified atom stereocenters. The van der Waals surface area contributed by atoms with Crippen molar-refractivity contribution in [1.82, 2.24) is 13.9 Å². The first-order chi connectivity index (χ1) is 31.5. The highest BCUT2D eigenvalue weighted by Crippen LogP contribution is 2.63. The zero-order valence-corrected chi connectivity index (χ0v) is 41.8. The van der Waals surface area contributed by atoms with Crippen LogP contribution in [0.1, 0.15) is 123 Å². The van der Waals surface area contributed by atoms with Crippen LogP contribution in [0.3, 0.4) is 0 Å². The van der Waals surface area contributed by atoms with Gasteiger partial charge in [-0.15, -0.1) is 0 Å². The Morgan fingerprint density at radius 2 is 1.01 bits per heavy atom. The van der Waals surface area contributed by atoms with Crippen molar-refractivity contribution in [3.63, 3.8) is 0 Å². The molecule has 4 aromatic carbocycles. The highest BCUT2D eigenvalue weighted by molar-refractivity contribution is 7.89. The SMILES string of the molecule is CC1(C)C(N)[C@@]2(C)CC[C@@H]1C2.CNc1ccc(C(=O)NC2C(C)(C)[C@@H]3CC[C@@]2(C)C3)cc1S(=O)(=O)N1Cc2ccccc2C1.CNc1ccc(C(=O)O)cc1S(=O)(=O)N1Cc2ccccc2C1. The molecule has 67 heavy (non-hydrogen) atoms. The molecule has 13 nitrogen and oxygen atoms in total. The Bertz CT molecular complexity index is 2750. The number of benzene rings is 4. The van der Waals surface area contributed by atoms with Gasteiger partial charge in [-0.2, -0.15) is 8.61 Å². The molecule has 6 N–H and O–H groups in total. The summed E-state index contributed by atoms with van der Waals surface area (Å²) in [6.45, 7) is 15.1. The third-order valence-electron chi connectivity index (χ3n) is 16.8. The molecule has 360 valence electrons. The van der Waals surface area contributed by atoms with Gasteiger partial charge in [0.1, 0.15) is 9.79 Å². The Morgan fingerprint density at radius 1 is 0.612 bits per heavy atom. The van der Waals surface area contributed by atoms with Crippen LogP contribution in [-0.2, 0) is 46.2 Å². The normalized spacial score (nSPS) is 27.5. The summed E-state index contributed by atoms with van der Waals surface area (Å²) in [5.41, 5.74) is 12.4. The average Bonchev–Trinajstić information content (AvgIpc) is 4.16. The zero-order valence-electron chi connectivity index (χ0n) is 40.1. The fourth-order valence-corrected chi connectivity index (χ4v) is 15.8. The number of hydrogen-bond acceptors (Lipinski definition) is 9. The van der Waals surface area contributed by atoms with Crippen LogP contribution >= 0.6 is 0 Å². The number of carbonyl (C=O) groups excluding carboxylic acids is 1. The second-order valence-electron chi connectivity index (χ2n) is 21.5. The lowest BCUT2D eigenvalue weighted by Crippen LogP contribution is -2.52. The van der Waals surface area contributed by atoms with Crippen molar-refractivity contribution in [2.24, 2.45) is 39.2 Å². The summed E-state index contributed by atoms with van der Waals surface area (Å²) in [6.07, 6.45) is 7.63. The lowest BCUT2D eigenvalue weighted by molar-refractivity contribution is 0.0695. The Hall–Kier alpha value is -4.80. The zero-order chi connectivity index (χ0) is 48.5. The monoisotopic (exact) mass is 952 g/mol. The molecule has 4 saturated carbocycles. The summed E-state index contributed by atoms with van der Waals surface area (Å²) >= 11 is 0. The van der Waals surface area contributed by atoms with Crippen LogP contribution in [0.5, 0.6) is 0 Å². The molecule has 0 aromatic heterocycles. The van der Waals surface area contributed by atoms with E-state index in [1.165, 1.54) is 58.6 Å².